The Hall–Kier alpha value is -2.33. The first-order valence-electron chi connectivity index (χ1n) is 11.2. The van der Waals surface area contributed by atoms with Gasteiger partial charge in [-0.25, -0.2) is 4.99 Å². The third-order valence-electron chi connectivity index (χ3n) is 5.68. The van der Waals surface area contributed by atoms with Crippen molar-refractivity contribution in [2.24, 2.45) is 4.99 Å². The molecule has 8 heteroatoms. The monoisotopic (exact) mass is 548 g/mol. The highest BCUT2D eigenvalue weighted by atomic mass is 127. The van der Waals surface area contributed by atoms with Crippen LogP contribution in [0.2, 0.25) is 0 Å². The van der Waals surface area contributed by atoms with E-state index in [2.05, 4.69) is 57.9 Å². The minimum Gasteiger partial charge on any atom is -0.468 e. The smallest absolute Gasteiger partial charge is 0.191 e. The summed E-state index contributed by atoms with van der Waals surface area (Å²) in [4.78, 5) is 7.36. The molecule has 3 heterocycles. The molecule has 172 valence electrons. The molecule has 1 aromatic carbocycles. The molecule has 3 aromatic rings. The molecule has 0 amide bonds. The Bertz CT molecular complexity index is 935. The number of halogens is 1. The van der Waals surface area contributed by atoms with Crippen molar-refractivity contribution in [3.05, 3.63) is 78.0 Å². The van der Waals surface area contributed by atoms with Crippen molar-refractivity contribution in [1.29, 1.82) is 0 Å². The van der Waals surface area contributed by atoms with Crippen LogP contribution in [-0.4, -0.2) is 46.8 Å². The molecule has 0 spiro atoms. The van der Waals surface area contributed by atoms with Crippen LogP contribution < -0.4 is 10.6 Å². The lowest BCUT2D eigenvalue weighted by Gasteiger charge is -2.26. The zero-order chi connectivity index (χ0) is 21.3. The van der Waals surface area contributed by atoms with Crippen LogP contribution in [0.4, 0.5) is 0 Å². The number of nitrogens with zero attached hydrogens (tertiary/aromatic N) is 4. The van der Waals surface area contributed by atoms with E-state index >= 15 is 0 Å². The van der Waals surface area contributed by atoms with Gasteiger partial charge in [0.1, 0.15) is 5.76 Å². The SMILES string of the molecule is CCNC(=NCc1ccccc1Cn1cccn1)NCC(c1ccco1)N1CCCC1.I. The van der Waals surface area contributed by atoms with E-state index in [1.165, 1.54) is 24.0 Å². The molecule has 1 saturated heterocycles. The first kappa shape index (κ1) is 24.3. The van der Waals surface area contributed by atoms with E-state index in [0.717, 1.165) is 44.4 Å². The standard InChI is InChI=1S/C24H32N6O.HI/c1-2-25-24(27-18-22(23-11-7-16-31-23)29-13-5-6-14-29)26-17-20-9-3-4-10-21(20)19-30-15-8-12-28-30;/h3-4,7-12,15-16,22H,2,5-6,13-14,17-19H2,1H3,(H2,25,26,27);1H. The molecule has 2 aromatic heterocycles. The van der Waals surface area contributed by atoms with Crippen molar-refractivity contribution in [3.63, 3.8) is 0 Å². The van der Waals surface area contributed by atoms with Gasteiger partial charge in [-0.15, -0.1) is 24.0 Å². The van der Waals surface area contributed by atoms with Crippen LogP contribution in [0.25, 0.3) is 0 Å². The Kier molecular flexibility index (Phi) is 9.61. The predicted octanol–water partition coefficient (Wildman–Crippen LogP) is 4.03. The van der Waals surface area contributed by atoms with Crippen LogP contribution in [0.3, 0.4) is 0 Å². The molecule has 32 heavy (non-hydrogen) atoms. The van der Waals surface area contributed by atoms with Crippen molar-refractivity contribution >= 4 is 29.9 Å². The number of nitrogens with one attached hydrogen (secondary N) is 2. The van der Waals surface area contributed by atoms with E-state index in [4.69, 9.17) is 9.41 Å². The fourth-order valence-electron chi connectivity index (χ4n) is 4.08. The Balaban J connectivity index is 0.00000289. The summed E-state index contributed by atoms with van der Waals surface area (Å²) in [6.45, 7) is 7.25. The number of aliphatic imine (C=N–C) groups is 1. The summed E-state index contributed by atoms with van der Waals surface area (Å²) in [5.41, 5.74) is 2.44. The van der Waals surface area contributed by atoms with Crippen molar-refractivity contribution < 1.29 is 4.42 Å². The highest BCUT2D eigenvalue weighted by Gasteiger charge is 2.25. The minimum absolute atomic E-state index is 0. The Morgan fingerprint density at radius 3 is 2.59 bits per heavy atom. The molecule has 4 rings (SSSR count). The zero-order valence-electron chi connectivity index (χ0n) is 18.6. The van der Waals surface area contributed by atoms with E-state index in [1.54, 1.807) is 6.26 Å². The maximum Gasteiger partial charge on any atom is 0.191 e. The fourth-order valence-corrected chi connectivity index (χ4v) is 4.08. The van der Waals surface area contributed by atoms with Crippen molar-refractivity contribution in [2.75, 3.05) is 26.2 Å². The second-order valence-electron chi connectivity index (χ2n) is 7.82. The lowest BCUT2D eigenvalue weighted by molar-refractivity contribution is 0.215. The van der Waals surface area contributed by atoms with Gasteiger partial charge in [-0.1, -0.05) is 24.3 Å². The van der Waals surface area contributed by atoms with E-state index < -0.39 is 0 Å². The van der Waals surface area contributed by atoms with Crippen molar-refractivity contribution in [2.45, 2.75) is 38.9 Å². The van der Waals surface area contributed by atoms with Gasteiger partial charge >= 0.3 is 0 Å². The van der Waals surface area contributed by atoms with Crippen molar-refractivity contribution in [1.82, 2.24) is 25.3 Å². The number of rotatable bonds is 9. The quantitative estimate of drug-likeness (QED) is 0.240. The van der Waals surface area contributed by atoms with Crippen LogP contribution in [-0.2, 0) is 13.1 Å². The number of aromatic nitrogens is 2. The summed E-state index contributed by atoms with van der Waals surface area (Å²) >= 11 is 0. The second kappa shape index (κ2) is 12.6. The average Bonchev–Trinajstić information content (AvgIpc) is 3.57. The summed E-state index contributed by atoms with van der Waals surface area (Å²) in [7, 11) is 0. The minimum atomic E-state index is 0. The highest BCUT2D eigenvalue weighted by molar-refractivity contribution is 14.0. The van der Waals surface area contributed by atoms with Gasteiger partial charge in [0.25, 0.3) is 0 Å². The van der Waals surface area contributed by atoms with Crippen LogP contribution >= 0.6 is 24.0 Å². The predicted molar refractivity (Wildman–Crippen MR) is 138 cm³/mol. The number of furan rings is 1. The molecular weight excluding hydrogens is 515 g/mol. The zero-order valence-corrected chi connectivity index (χ0v) is 20.9. The first-order chi connectivity index (χ1) is 15.3. The van der Waals surface area contributed by atoms with E-state index in [-0.39, 0.29) is 30.0 Å². The highest BCUT2D eigenvalue weighted by Crippen LogP contribution is 2.24. The number of benzene rings is 1. The van der Waals surface area contributed by atoms with Crippen LogP contribution in [0, 0.1) is 0 Å². The van der Waals surface area contributed by atoms with Gasteiger partial charge in [0.05, 0.1) is 25.4 Å². The molecule has 7 nitrogen and oxygen atoms in total. The summed E-state index contributed by atoms with van der Waals surface area (Å²) in [5, 5.41) is 11.3. The molecular formula is C24H33IN6O. The lowest BCUT2D eigenvalue weighted by Crippen LogP contribution is -2.42. The molecule has 1 unspecified atom stereocenters. The molecule has 2 N–H and O–H groups in total. The van der Waals surface area contributed by atoms with Crippen LogP contribution in [0.15, 0.2) is 70.5 Å². The molecule has 1 aliphatic rings. The normalized spacial score (nSPS) is 15.3. The van der Waals surface area contributed by atoms with Crippen molar-refractivity contribution in [3.8, 4) is 0 Å². The van der Waals surface area contributed by atoms with E-state index in [0.29, 0.717) is 6.54 Å². The number of hydrogen-bond acceptors (Lipinski definition) is 4. The van der Waals surface area contributed by atoms with Crippen LogP contribution in [0.5, 0.6) is 0 Å². The van der Waals surface area contributed by atoms with E-state index in [9.17, 15) is 0 Å². The molecule has 1 aliphatic heterocycles. The lowest BCUT2D eigenvalue weighted by atomic mass is 10.1. The average molecular weight is 548 g/mol. The van der Waals surface area contributed by atoms with Gasteiger partial charge in [0, 0.05) is 25.5 Å². The van der Waals surface area contributed by atoms with Gasteiger partial charge < -0.3 is 15.1 Å². The largest absolute Gasteiger partial charge is 0.468 e. The topological polar surface area (TPSA) is 70.6 Å². The number of guanidine groups is 1. The second-order valence-corrected chi connectivity index (χ2v) is 7.82. The summed E-state index contributed by atoms with van der Waals surface area (Å²) in [5.74, 6) is 1.84. The third kappa shape index (κ3) is 6.59. The summed E-state index contributed by atoms with van der Waals surface area (Å²) in [6.07, 6.45) is 8.05. The van der Waals surface area contributed by atoms with Gasteiger partial charge in [-0.05, 0) is 62.2 Å². The van der Waals surface area contributed by atoms with Crippen LogP contribution in [0.1, 0.15) is 42.7 Å². The third-order valence-corrected chi connectivity index (χ3v) is 5.68. The Morgan fingerprint density at radius 1 is 1.09 bits per heavy atom. The maximum absolute atomic E-state index is 5.75. The molecule has 0 aliphatic carbocycles. The summed E-state index contributed by atoms with van der Waals surface area (Å²) < 4.78 is 7.69. The van der Waals surface area contributed by atoms with Gasteiger partial charge in [0.15, 0.2) is 5.96 Å². The van der Waals surface area contributed by atoms with Gasteiger partial charge in [-0.2, -0.15) is 5.10 Å². The number of likely N-dealkylation sites (tertiary alicyclic amines) is 1. The molecule has 0 saturated carbocycles. The molecule has 1 atom stereocenters. The first-order valence-corrected chi connectivity index (χ1v) is 11.2. The Labute approximate surface area is 207 Å². The maximum atomic E-state index is 5.75. The molecule has 1 fully saturated rings. The van der Waals surface area contributed by atoms with E-state index in [1.807, 2.05) is 29.2 Å². The summed E-state index contributed by atoms with van der Waals surface area (Å²) in [6, 6.07) is 14.6. The Morgan fingerprint density at radius 2 is 1.91 bits per heavy atom. The number of hydrogen-bond donors (Lipinski definition) is 2. The molecule has 0 bridgehead atoms. The van der Waals surface area contributed by atoms with Gasteiger partial charge in [0.2, 0.25) is 0 Å². The van der Waals surface area contributed by atoms with Gasteiger partial charge in [-0.3, -0.25) is 9.58 Å². The fraction of sp³-hybridized carbons (Fsp3) is 0.417. The molecule has 0 radical (unpaired) electrons.